The van der Waals surface area contributed by atoms with Crippen LogP contribution in [-0.2, 0) is 14.2 Å². The van der Waals surface area contributed by atoms with E-state index in [1.165, 1.54) is 12.7 Å². The van der Waals surface area contributed by atoms with Crippen LogP contribution < -0.4 is 10.5 Å². The highest BCUT2D eigenvalue weighted by molar-refractivity contribution is 5.86. The van der Waals surface area contributed by atoms with Crippen LogP contribution in [-0.4, -0.2) is 55.2 Å². The maximum absolute atomic E-state index is 6.38. The molecule has 3 aromatic heterocycles. The smallest absolute Gasteiger partial charge is 0.164 e. The van der Waals surface area contributed by atoms with Gasteiger partial charge >= 0.3 is 0 Å². The zero-order valence-corrected chi connectivity index (χ0v) is 17.6. The Morgan fingerprint density at radius 1 is 1.09 bits per heavy atom. The van der Waals surface area contributed by atoms with Crippen molar-refractivity contribution in [2.24, 2.45) is 0 Å². The third-order valence-electron chi connectivity index (χ3n) is 5.83. The molecule has 4 atom stereocenters. The molecule has 1 aromatic carbocycles. The summed E-state index contributed by atoms with van der Waals surface area (Å²) in [4.78, 5) is 16.8. The predicted molar refractivity (Wildman–Crippen MR) is 115 cm³/mol. The van der Waals surface area contributed by atoms with E-state index in [1.54, 1.807) is 6.20 Å². The Balaban J connectivity index is 1.28. The summed E-state index contributed by atoms with van der Waals surface area (Å²) < 4.78 is 26.8. The first kappa shape index (κ1) is 19.4. The zero-order chi connectivity index (χ0) is 21.9. The number of hydrogen-bond donors (Lipinski definition) is 1. The molecule has 2 saturated heterocycles. The van der Waals surface area contributed by atoms with Gasteiger partial charge in [-0.25, -0.2) is 19.9 Å². The normalized spacial score (nSPS) is 26.6. The van der Waals surface area contributed by atoms with Gasteiger partial charge in [-0.1, -0.05) is 0 Å². The Labute approximate surface area is 183 Å². The topological polar surface area (TPSA) is 119 Å². The van der Waals surface area contributed by atoms with Crippen LogP contribution >= 0.6 is 0 Å². The van der Waals surface area contributed by atoms with Crippen molar-refractivity contribution >= 4 is 27.8 Å². The molecular weight excluding hydrogens is 412 g/mol. The molecule has 2 N–H and O–H groups in total. The molecule has 0 spiro atoms. The average Bonchev–Trinajstić information content (AvgIpc) is 3.44. The van der Waals surface area contributed by atoms with Crippen molar-refractivity contribution in [2.75, 3.05) is 12.3 Å². The van der Waals surface area contributed by atoms with Crippen molar-refractivity contribution in [3.05, 3.63) is 49.3 Å². The minimum absolute atomic E-state index is 0.296. The Hall–Kier alpha value is -3.34. The molecule has 0 aliphatic carbocycles. The number of fused-ring (bicyclic) bond motifs is 3. The summed E-state index contributed by atoms with van der Waals surface area (Å²) in [6, 6.07) is 7.59. The number of rotatable bonds is 4. The lowest BCUT2D eigenvalue weighted by Crippen LogP contribution is -2.33. The first-order chi connectivity index (χ1) is 15.5. The molecule has 32 heavy (non-hydrogen) atoms. The van der Waals surface area contributed by atoms with E-state index in [-0.39, 0.29) is 18.3 Å². The number of benzene rings is 1. The van der Waals surface area contributed by atoms with Gasteiger partial charge in [0.2, 0.25) is 0 Å². The highest BCUT2D eigenvalue weighted by Gasteiger charge is 2.56. The third kappa shape index (κ3) is 3.15. The van der Waals surface area contributed by atoms with Gasteiger partial charge < -0.3 is 29.2 Å². The van der Waals surface area contributed by atoms with E-state index < -0.39 is 12.0 Å². The first-order valence-corrected chi connectivity index (χ1v) is 10.4. The Morgan fingerprint density at radius 2 is 1.97 bits per heavy atom. The molecule has 164 valence electrons. The van der Waals surface area contributed by atoms with Crippen molar-refractivity contribution in [2.45, 2.75) is 44.2 Å². The molecule has 2 aliphatic rings. The van der Waals surface area contributed by atoms with Gasteiger partial charge in [-0.3, -0.25) is 0 Å². The van der Waals surface area contributed by atoms with Gasteiger partial charge in [-0.2, -0.15) is 0 Å². The summed E-state index contributed by atoms with van der Waals surface area (Å²) in [5.74, 6) is 0.393. The summed E-state index contributed by atoms with van der Waals surface area (Å²) in [7, 11) is 0. The van der Waals surface area contributed by atoms with Gasteiger partial charge in [0.15, 0.2) is 12.0 Å². The lowest BCUT2D eigenvalue weighted by atomic mass is 10.1. The molecule has 0 radical (unpaired) electrons. The summed E-state index contributed by atoms with van der Waals surface area (Å²) in [5.41, 5.74) is 7.51. The second kappa shape index (κ2) is 7.09. The lowest BCUT2D eigenvalue weighted by Gasteiger charge is -2.25. The van der Waals surface area contributed by atoms with Crippen molar-refractivity contribution < 1.29 is 18.9 Å². The van der Waals surface area contributed by atoms with Crippen molar-refractivity contribution in [1.29, 1.82) is 0 Å². The quantitative estimate of drug-likeness (QED) is 0.516. The first-order valence-electron chi connectivity index (χ1n) is 10.4. The van der Waals surface area contributed by atoms with Gasteiger partial charge in [0.25, 0.3) is 0 Å². The summed E-state index contributed by atoms with van der Waals surface area (Å²) in [6.07, 6.45) is 5.22. The van der Waals surface area contributed by atoms with Crippen LogP contribution in [0, 0.1) is 0 Å². The van der Waals surface area contributed by atoms with E-state index in [0.29, 0.717) is 23.8 Å². The molecule has 0 amide bonds. The Morgan fingerprint density at radius 3 is 2.88 bits per heavy atom. The molecular formula is C22H22N6O4. The molecule has 0 saturated carbocycles. The molecule has 10 nitrogen and oxygen atoms in total. The molecule has 2 fully saturated rings. The van der Waals surface area contributed by atoms with Crippen LogP contribution in [0.3, 0.4) is 0 Å². The maximum atomic E-state index is 6.38. The Bertz CT molecular complexity index is 1310. The predicted octanol–water partition coefficient (Wildman–Crippen LogP) is 2.45. The van der Waals surface area contributed by atoms with Crippen molar-refractivity contribution in [3.8, 4) is 5.75 Å². The van der Waals surface area contributed by atoms with Crippen LogP contribution in [0.25, 0.3) is 21.9 Å². The second-order valence-corrected chi connectivity index (χ2v) is 8.40. The standard InChI is InChI=1S/C22H22N6O4/c1-22(2)31-17-16(9-29-13-4-3-12-8-24-10-25-15(12)7-13)30-21(18(17)32-22)28-6-5-14-19(23)26-11-27-20(14)28/h3-8,10-11,16-18,21H,9H2,1-2H3,(H2,23,26,27)/t16-,17-,18-,21-/m1/s1. The van der Waals surface area contributed by atoms with Gasteiger partial charge in [0.1, 0.15) is 54.8 Å². The lowest BCUT2D eigenvalue weighted by molar-refractivity contribution is -0.198. The fraction of sp³-hybridized carbons (Fsp3) is 0.364. The number of nitrogens with zero attached hydrogens (tertiary/aromatic N) is 5. The highest BCUT2D eigenvalue weighted by atomic mass is 16.8. The van der Waals surface area contributed by atoms with Gasteiger partial charge in [-0.15, -0.1) is 0 Å². The summed E-state index contributed by atoms with van der Waals surface area (Å²) in [5, 5.41) is 1.72. The molecule has 10 heteroatoms. The number of ether oxygens (including phenoxy) is 4. The summed E-state index contributed by atoms with van der Waals surface area (Å²) in [6.45, 7) is 4.10. The summed E-state index contributed by atoms with van der Waals surface area (Å²) >= 11 is 0. The van der Waals surface area contributed by atoms with Crippen molar-refractivity contribution in [3.63, 3.8) is 0 Å². The molecule has 6 rings (SSSR count). The fourth-order valence-corrected chi connectivity index (χ4v) is 4.43. The fourth-order valence-electron chi connectivity index (χ4n) is 4.43. The highest BCUT2D eigenvalue weighted by Crippen LogP contribution is 2.44. The van der Waals surface area contributed by atoms with Crippen LogP contribution in [0.1, 0.15) is 20.1 Å². The van der Waals surface area contributed by atoms with E-state index in [0.717, 1.165) is 16.3 Å². The van der Waals surface area contributed by atoms with E-state index in [9.17, 15) is 0 Å². The molecule has 4 aromatic rings. The van der Waals surface area contributed by atoms with Gasteiger partial charge in [-0.05, 0) is 32.0 Å². The zero-order valence-electron chi connectivity index (χ0n) is 17.6. The minimum Gasteiger partial charge on any atom is -0.491 e. The maximum Gasteiger partial charge on any atom is 0.164 e. The average molecular weight is 434 g/mol. The van der Waals surface area contributed by atoms with Crippen LogP contribution in [0.2, 0.25) is 0 Å². The van der Waals surface area contributed by atoms with E-state index >= 15 is 0 Å². The SMILES string of the molecule is CC1(C)O[C@@H]2[C@H](O1)[C@@H](COc1ccc3cncnc3c1)O[C@H]2n1ccc2c(N)ncnc21. The molecule has 5 heterocycles. The molecule has 0 unspecified atom stereocenters. The van der Waals surface area contributed by atoms with Crippen LogP contribution in [0.4, 0.5) is 5.82 Å². The van der Waals surface area contributed by atoms with Crippen LogP contribution in [0.5, 0.6) is 5.75 Å². The number of anilines is 1. The largest absolute Gasteiger partial charge is 0.491 e. The van der Waals surface area contributed by atoms with Gasteiger partial charge in [0, 0.05) is 23.8 Å². The molecule has 0 bridgehead atoms. The molecule has 2 aliphatic heterocycles. The van der Waals surface area contributed by atoms with Crippen LogP contribution in [0.15, 0.2) is 49.3 Å². The van der Waals surface area contributed by atoms with Gasteiger partial charge in [0.05, 0.1) is 10.9 Å². The number of hydrogen-bond acceptors (Lipinski definition) is 9. The van der Waals surface area contributed by atoms with E-state index in [2.05, 4.69) is 19.9 Å². The van der Waals surface area contributed by atoms with Crippen molar-refractivity contribution in [1.82, 2.24) is 24.5 Å². The second-order valence-electron chi connectivity index (χ2n) is 8.40. The van der Waals surface area contributed by atoms with E-state index in [1.807, 2.05) is 48.9 Å². The monoisotopic (exact) mass is 434 g/mol. The third-order valence-corrected chi connectivity index (χ3v) is 5.83. The number of aromatic nitrogens is 5. The number of nitrogens with two attached hydrogens (primary N) is 1. The minimum atomic E-state index is -0.730. The Kier molecular flexibility index (Phi) is 4.29. The van der Waals surface area contributed by atoms with E-state index in [4.69, 9.17) is 24.7 Å². The number of nitrogen functional groups attached to an aromatic ring is 1.